The number of hydrogen-bond acceptors (Lipinski definition) is 0. The monoisotopic (exact) mass is 172 g/mol. The summed E-state index contributed by atoms with van der Waals surface area (Å²) < 4.78 is 0. The average Bonchev–Trinajstić information content (AvgIpc) is 2.73. The fourth-order valence-electron chi connectivity index (χ4n) is 1.63. The van der Waals surface area contributed by atoms with Gasteiger partial charge in [0.1, 0.15) is 0 Å². The molecule has 13 heavy (non-hydrogen) atoms. The van der Waals surface area contributed by atoms with E-state index in [0.29, 0.717) is 5.41 Å². The second kappa shape index (κ2) is 3.02. The first kappa shape index (κ1) is 8.55. The van der Waals surface area contributed by atoms with Gasteiger partial charge in [0.05, 0.1) is 0 Å². The van der Waals surface area contributed by atoms with Gasteiger partial charge in [0.2, 0.25) is 0 Å². The van der Waals surface area contributed by atoms with Crippen LogP contribution in [0, 0.1) is 11.3 Å². The second-order valence-corrected chi connectivity index (χ2v) is 4.57. The van der Waals surface area contributed by atoms with Crippen LogP contribution < -0.4 is 0 Å². The van der Waals surface area contributed by atoms with Crippen molar-refractivity contribution in [1.29, 1.82) is 0 Å². The Balaban J connectivity index is 2.00. The normalized spacial score (nSPS) is 24.9. The largest absolute Gasteiger partial charge is 0.0803 e. The lowest BCUT2D eigenvalue weighted by Crippen LogP contribution is -1.85. The molecule has 0 heteroatoms. The van der Waals surface area contributed by atoms with Crippen LogP contribution in [0.1, 0.15) is 25.8 Å². The first-order valence-electron chi connectivity index (χ1n) is 4.92. The van der Waals surface area contributed by atoms with Crippen molar-refractivity contribution >= 4 is 6.08 Å². The summed E-state index contributed by atoms with van der Waals surface area (Å²) in [5.74, 6) is 0.799. The van der Waals surface area contributed by atoms with E-state index in [4.69, 9.17) is 0 Å². The zero-order valence-electron chi connectivity index (χ0n) is 8.33. The van der Waals surface area contributed by atoms with Crippen LogP contribution in [0.4, 0.5) is 0 Å². The molecule has 1 fully saturated rings. The molecule has 0 heterocycles. The van der Waals surface area contributed by atoms with Crippen molar-refractivity contribution in [3.63, 3.8) is 0 Å². The molecule has 1 aromatic carbocycles. The van der Waals surface area contributed by atoms with Crippen LogP contribution in [-0.4, -0.2) is 0 Å². The Hall–Kier alpha value is -1.04. The summed E-state index contributed by atoms with van der Waals surface area (Å²) in [6.45, 7) is 4.65. The van der Waals surface area contributed by atoms with Crippen LogP contribution in [0.2, 0.25) is 0 Å². The standard InChI is InChI=1S/C13H16/c1-13(2)10-12(13)9-8-11-6-4-3-5-7-11/h3-9,12H,10H2,1-2H3/b9-8+. The van der Waals surface area contributed by atoms with E-state index >= 15 is 0 Å². The van der Waals surface area contributed by atoms with Crippen LogP contribution >= 0.6 is 0 Å². The summed E-state index contributed by atoms with van der Waals surface area (Å²) in [5.41, 5.74) is 1.87. The van der Waals surface area contributed by atoms with Crippen molar-refractivity contribution in [2.24, 2.45) is 11.3 Å². The van der Waals surface area contributed by atoms with Crippen LogP contribution in [0.5, 0.6) is 0 Å². The first-order valence-corrected chi connectivity index (χ1v) is 4.92. The predicted octanol–water partition coefficient (Wildman–Crippen LogP) is 3.75. The van der Waals surface area contributed by atoms with Gasteiger partial charge in [0.15, 0.2) is 0 Å². The molecule has 0 N–H and O–H groups in total. The molecule has 0 aliphatic heterocycles. The minimum atomic E-state index is 0.561. The molecule has 0 spiro atoms. The third-order valence-corrected chi connectivity index (χ3v) is 2.91. The molecule has 68 valence electrons. The molecule has 0 nitrogen and oxygen atoms in total. The minimum absolute atomic E-state index is 0.561. The molecule has 1 aliphatic carbocycles. The van der Waals surface area contributed by atoms with E-state index in [1.807, 2.05) is 0 Å². The molecule has 0 radical (unpaired) electrons. The lowest BCUT2D eigenvalue weighted by Gasteiger charge is -1.96. The molecule has 0 aromatic heterocycles. The number of hydrogen-bond donors (Lipinski definition) is 0. The summed E-state index contributed by atoms with van der Waals surface area (Å²) >= 11 is 0. The van der Waals surface area contributed by atoms with E-state index in [9.17, 15) is 0 Å². The minimum Gasteiger partial charge on any atom is -0.0803 e. The van der Waals surface area contributed by atoms with Crippen molar-refractivity contribution in [2.45, 2.75) is 20.3 Å². The maximum absolute atomic E-state index is 2.34. The summed E-state index contributed by atoms with van der Waals surface area (Å²) in [5, 5.41) is 0. The molecule has 2 rings (SSSR count). The second-order valence-electron chi connectivity index (χ2n) is 4.57. The van der Waals surface area contributed by atoms with E-state index in [1.54, 1.807) is 0 Å². The molecule has 0 bridgehead atoms. The number of allylic oxidation sites excluding steroid dienone is 1. The van der Waals surface area contributed by atoms with Gasteiger partial charge >= 0.3 is 0 Å². The van der Waals surface area contributed by atoms with Crippen molar-refractivity contribution in [2.75, 3.05) is 0 Å². The molecule has 0 amide bonds. The maximum atomic E-state index is 2.34. The molecule has 1 aliphatic rings. The lowest BCUT2D eigenvalue weighted by molar-refractivity contribution is 0.611. The Bertz CT molecular complexity index is 306. The van der Waals surface area contributed by atoms with Gasteiger partial charge < -0.3 is 0 Å². The SMILES string of the molecule is CC1(C)CC1/C=C/c1ccccc1. The van der Waals surface area contributed by atoms with Gasteiger partial charge in [-0.15, -0.1) is 0 Å². The fraction of sp³-hybridized carbons (Fsp3) is 0.385. The lowest BCUT2D eigenvalue weighted by atomic mass is 10.1. The van der Waals surface area contributed by atoms with E-state index in [2.05, 4.69) is 56.3 Å². The van der Waals surface area contributed by atoms with Crippen LogP contribution in [0.25, 0.3) is 6.08 Å². The van der Waals surface area contributed by atoms with Crippen LogP contribution in [-0.2, 0) is 0 Å². The van der Waals surface area contributed by atoms with E-state index in [0.717, 1.165) is 5.92 Å². The van der Waals surface area contributed by atoms with Crippen LogP contribution in [0.15, 0.2) is 36.4 Å². The summed E-state index contributed by atoms with van der Waals surface area (Å²) in [6, 6.07) is 10.5. The van der Waals surface area contributed by atoms with Gasteiger partial charge in [-0.1, -0.05) is 56.3 Å². The Morgan fingerprint density at radius 1 is 1.23 bits per heavy atom. The molecular formula is C13H16. The van der Waals surface area contributed by atoms with E-state index in [1.165, 1.54) is 12.0 Å². The third-order valence-electron chi connectivity index (χ3n) is 2.91. The molecule has 1 aromatic rings. The zero-order valence-corrected chi connectivity index (χ0v) is 8.33. The molecule has 1 atom stereocenters. The summed E-state index contributed by atoms with van der Waals surface area (Å²) in [4.78, 5) is 0. The fourth-order valence-corrected chi connectivity index (χ4v) is 1.63. The first-order chi connectivity index (χ1) is 6.18. The van der Waals surface area contributed by atoms with Gasteiger partial charge in [-0.3, -0.25) is 0 Å². The van der Waals surface area contributed by atoms with Crippen molar-refractivity contribution in [1.82, 2.24) is 0 Å². The van der Waals surface area contributed by atoms with Crippen molar-refractivity contribution in [3.8, 4) is 0 Å². The summed E-state index contributed by atoms with van der Waals surface area (Å²) in [6.07, 6.45) is 5.92. The number of rotatable bonds is 2. The zero-order chi connectivity index (χ0) is 9.31. The van der Waals surface area contributed by atoms with Crippen LogP contribution in [0.3, 0.4) is 0 Å². The highest BCUT2D eigenvalue weighted by Gasteiger charge is 2.43. The predicted molar refractivity (Wildman–Crippen MR) is 57.4 cm³/mol. The highest BCUT2D eigenvalue weighted by Crippen LogP contribution is 2.52. The Labute approximate surface area is 80.3 Å². The van der Waals surface area contributed by atoms with Gasteiger partial charge in [-0.25, -0.2) is 0 Å². The average molecular weight is 172 g/mol. The molecule has 1 unspecified atom stereocenters. The Morgan fingerprint density at radius 3 is 2.38 bits per heavy atom. The molecule has 0 saturated heterocycles. The van der Waals surface area contributed by atoms with Gasteiger partial charge in [-0.2, -0.15) is 0 Å². The van der Waals surface area contributed by atoms with Crippen molar-refractivity contribution in [3.05, 3.63) is 42.0 Å². The smallest absolute Gasteiger partial charge is 0.0173 e. The highest BCUT2D eigenvalue weighted by molar-refractivity contribution is 5.49. The van der Waals surface area contributed by atoms with Gasteiger partial charge in [0.25, 0.3) is 0 Å². The maximum Gasteiger partial charge on any atom is -0.0173 e. The van der Waals surface area contributed by atoms with E-state index < -0.39 is 0 Å². The van der Waals surface area contributed by atoms with Gasteiger partial charge in [0, 0.05) is 0 Å². The highest BCUT2D eigenvalue weighted by atomic mass is 14.5. The third kappa shape index (κ3) is 2.00. The van der Waals surface area contributed by atoms with E-state index in [-0.39, 0.29) is 0 Å². The summed E-state index contributed by atoms with van der Waals surface area (Å²) in [7, 11) is 0. The Morgan fingerprint density at radius 2 is 1.85 bits per heavy atom. The molecular weight excluding hydrogens is 156 g/mol. The van der Waals surface area contributed by atoms with Gasteiger partial charge in [-0.05, 0) is 23.3 Å². The topological polar surface area (TPSA) is 0 Å². The molecule has 1 saturated carbocycles. The number of benzene rings is 1. The van der Waals surface area contributed by atoms with Crippen molar-refractivity contribution < 1.29 is 0 Å². The quantitative estimate of drug-likeness (QED) is 0.637. The Kier molecular flexibility index (Phi) is 1.99.